The molecule has 0 unspecified atom stereocenters. The number of amides is 1. The summed E-state index contributed by atoms with van der Waals surface area (Å²) in [6, 6.07) is 6.99. The van der Waals surface area contributed by atoms with Crippen molar-refractivity contribution in [2.45, 2.75) is 31.8 Å². The standard InChI is InChI=1S/C14H15FN2O/c15-11-1-4-13-10(9-11)5-7-17(13)8-6-14(18)16-12-2-3-12/h1,4-5,7,9,12H,2-3,6,8H2,(H,16,18). The minimum absolute atomic E-state index is 0.0986. The van der Waals surface area contributed by atoms with E-state index in [4.69, 9.17) is 0 Å². The number of carbonyl (C=O) groups is 1. The van der Waals surface area contributed by atoms with Crippen molar-refractivity contribution in [2.24, 2.45) is 0 Å². The van der Waals surface area contributed by atoms with Crippen LogP contribution in [0.1, 0.15) is 19.3 Å². The van der Waals surface area contributed by atoms with E-state index in [1.165, 1.54) is 12.1 Å². The SMILES string of the molecule is O=C(CCn1ccc2cc(F)ccc21)NC1CC1. The first-order valence-corrected chi connectivity index (χ1v) is 6.26. The Balaban J connectivity index is 1.68. The molecular formula is C14H15FN2O. The highest BCUT2D eigenvalue weighted by atomic mass is 19.1. The molecule has 4 heteroatoms. The van der Waals surface area contributed by atoms with Crippen LogP contribution < -0.4 is 5.32 Å². The Morgan fingerprint density at radius 3 is 3.00 bits per heavy atom. The van der Waals surface area contributed by atoms with Crippen LogP contribution in [0.25, 0.3) is 10.9 Å². The van der Waals surface area contributed by atoms with E-state index >= 15 is 0 Å². The molecule has 0 saturated heterocycles. The number of carbonyl (C=O) groups excluding carboxylic acids is 1. The van der Waals surface area contributed by atoms with Crippen LogP contribution in [0.15, 0.2) is 30.5 Å². The lowest BCUT2D eigenvalue weighted by molar-refractivity contribution is -0.121. The van der Waals surface area contributed by atoms with Crippen LogP contribution in [0.3, 0.4) is 0 Å². The van der Waals surface area contributed by atoms with Gasteiger partial charge in [-0.3, -0.25) is 4.79 Å². The summed E-state index contributed by atoms with van der Waals surface area (Å²) in [5.74, 6) is -0.131. The first-order valence-electron chi connectivity index (χ1n) is 6.26. The summed E-state index contributed by atoms with van der Waals surface area (Å²) >= 11 is 0. The predicted molar refractivity (Wildman–Crippen MR) is 67.7 cm³/mol. The van der Waals surface area contributed by atoms with Crippen LogP contribution in [0, 0.1) is 5.82 Å². The van der Waals surface area contributed by atoms with E-state index in [0.29, 0.717) is 19.0 Å². The quantitative estimate of drug-likeness (QED) is 0.883. The van der Waals surface area contributed by atoms with Gasteiger partial charge in [-0.05, 0) is 37.1 Å². The third-order valence-electron chi connectivity index (χ3n) is 3.26. The fourth-order valence-electron chi connectivity index (χ4n) is 2.12. The number of hydrogen-bond acceptors (Lipinski definition) is 1. The largest absolute Gasteiger partial charge is 0.353 e. The summed E-state index contributed by atoms with van der Waals surface area (Å²) in [6.45, 7) is 0.633. The molecule has 1 saturated carbocycles. The summed E-state index contributed by atoms with van der Waals surface area (Å²) in [6.07, 6.45) is 4.58. The second-order valence-corrected chi connectivity index (χ2v) is 4.80. The number of aromatic nitrogens is 1. The third-order valence-corrected chi connectivity index (χ3v) is 3.26. The molecule has 0 bridgehead atoms. The van der Waals surface area contributed by atoms with Crippen molar-refractivity contribution < 1.29 is 9.18 Å². The van der Waals surface area contributed by atoms with Crippen molar-refractivity contribution >= 4 is 16.8 Å². The van der Waals surface area contributed by atoms with Crippen molar-refractivity contribution in [2.75, 3.05) is 0 Å². The van der Waals surface area contributed by atoms with Crippen LogP contribution >= 0.6 is 0 Å². The number of aryl methyl sites for hydroxylation is 1. The average Bonchev–Trinajstić information content (AvgIpc) is 3.06. The lowest BCUT2D eigenvalue weighted by Gasteiger charge is -2.06. The van der Waals surface area contributed by atoms with Gasteiger partial charge in [0.15, 0.2) is 0 Å². The molecule has 3 rings (SSSR count). The Hall–Kier alpha value is -1.84. The third kappa shape index (κ3) is 2.37. The topological polar surface area (TPSA) is 34.0 Å². The lowest BCUT2D eigenvalue weighted by Crippen LogP contribution is -2.26. The van der Waals surface area contributed by atoms with Crippen molar-refractivity contribution in [3.63, 3.8) is 0 Å². The summed E-state index contributed by atoms with van der Waals surface area (Å²) in [5.41, 5.74) is 0.968. The summed E-state index contributed by atoms with van der Waals surface area (Å²) in [4.78, 5) is 11.6. The van der Waals surface area contributed by atoms with Gasteiger partial charge in [0.05, 0.1) is 0 Å². The van der Waals surface area contributed by atoms with Crippen LogP contribution in [-0.4, -0.2) is 16.5 Å². The van der Waals surface area contributed by atoms with E-state index in [1.807, 2.05) is 16.8 Å². The number of halogens is 1. The fraction of sp³-hybridized carbons (Fsp3) is 0.357. The zero-order chi connectivity index (χ0) is 12.5. The Kier molecular flexibility index (Phi) is 2.78. The molecule has 0 atom stereocenters. The first-order chi connectivity index (χ1) is 8.72. The first kappa shape index (κ1) is 11.3. The van der Waals surface area contributed by atoms with Gasteiger partial charge in [0, 0.05) is 36.1 Å². The highest BCUT2D eigenvalue weighted by molar-refractivity contribution is 5.81. The molecule has 0 spiro atoms. The Bertz CT molecular complexity index is 586. The molecule has 94 valence electrons. The van der Waals surface area contributed by atoms with Crippen LogP contribution in [0.5, 0.6) is 0 Å². The molecule has 1 aromatic carbocycles. The van der Waals surface area contributed by atoms with Gasteiger partial charge in [0.25, 0.3) is 0 Å². The predicted octanol–water partition coefficient (Wildman–Crippen LogP) is 2.45. The average molecular weight is 246 g/mol. The van der Waals surface area contributed by atoms with E-state index in [9.17, 15) is 9.18 Å². The number of fused-ring (bicyclic) bond motifs is 1. The molecular weight excluding hydrogens is 231 g/mol. The summed E-state index contributed by atoms with van der Waals surface area (Å²) in [5, 5.41) is 3.83. The number of benzene rings is 1. The number of nitrogens with one attached hydrogen (secondary N) is 1. The Labute approximate surface area is 105 Å². The molecule has 1 aliphatic carbocycles. The second kappa shape index (κ2) is 4.44. The van der Waals surface area contributed by atoms with Crippen LogP contribution in [0.2, 0.25) is 0 Å². The van der Waals surface area contributed by atoms with Crippen molar-refractivity contribution in [3.8, 4) is 0 Å². The van der Waals surface area contributed by atoms with Gasteiger partial charge in [0.2, 0.25) is 5.91 Å². The number of hydrogen-bond donors (Lipinski definition) is 1. The normalized spacial score (nSPS) is 14.9. The maximum Gasteiger partial charge on any atom is 0.222 e. The van der Waals surface area contributed by atoms with Gasteiger partial charge in [-0.15, -0.1) is 0 Å². The monoisotopic (exact) mass is 246 g/mol. The maximum atomic E-state index is 13.0. The zero-order valence-corrected chi connectivity index (χ0v) is 10.0. The van der Waals surface area contributed by atoms with E-state index < -0.39 is 0 Å². The molecule has 0 aliphatic heterocycles. The highest BCUT2D eigenvalue weighted by Gasteiger charge is 2.22. The molecule has 1 N–H and O–H groups in total. The van der Waals surface area contributed by atoms with E-state index in [2.05, 4.69) is 5.32 Å². The minimum Gasteiger partial charge on any atom is -0.353 e. The van der Waals surface area contributed by atoms with Gasteiger partial charge in [0.1, 0.15) is 5.82 Å². The molecule has 1 amide bonds. The van der Waals surface area contributed by atoms with Crippen molar-refractivity contribution in [3.05, 3.63) is 36.3 Å². The van der Waals surface area contributed by atoms with E-state index in [1.54, 1.807) is 6.07 Å². The minimum atomic E-state index is -0.230. The Morgan fingerprint density at radius 1 is 1.39 bits per heavy atom. The van der Waals surface area contributed by atoms with Gasteiger partial charge in [-0.1, -0.05) is 0 Å². The van der Waals surface area contributed by atoms with E-state index in [0.717, 1.165) is 23.7 Å². The van der Waals surface area contributed by atoms with Gasteiger partial charge in [-0.25, -0.2) is 4.39 Å². The zero-order valence-electron chi connectivity index (χ0n) is 10.0. The molecule has 1 fully saturated rings. The molecule has 1 aromatic heterocycles. The Morgan fingerprint density at radius 2 is 2.22 bits per heavy atom. The summed E-state index contributed by atoms with van der Waals surface area (Å²) in [7, 11) is 0. The lowest BCUT2D eigenvalue weighted by atomic mass is 10.2. The van der Waals surface area contributed by atoms with Crippen molar-refractivity contribution in [1.82, 2.24) is 9.88 Å². The van der Waals surface area contributed by atoms with Crippen LogP contribution in [0.4, 0.5) is 4.39 Å². The molecule has 18 heavy (non-hydrogen) atoms. The molecule has 3 nitrogen and oxygen atoms in total. The molecule has 1 aliphatic rings. The molecule has 1 heterocycles. The van der Waals surface area contributed by atoms with Crippen molar-refractivity contribution in [1.29, 1.82) is 0 Å². The van der Waals surface area contributed by atoms with Gasteiger partial charge in [-0.2, -0.15) is 0 Å². The number of rotatable bonds is 4. The fourth-order valence-corrected chi connectivity index (χ4v) is 2.12. The van der Waals surface area contributed by atoms with Gasteiger partial charge >= 0.3 is 0 Å². The second-order valence-electron chi connectivity index (χ2n) is 4.80. The highest BCUT2D eigenvalue weighted by Crippen LogP contribution is 2.19. The molecule has 0 radical (unpaired) electrons. The molecule has 2 aromatic rings. The number of nitrogens with zero attached hydrogens (tertiary/aromatic N) is 1. The van der Waals surface area contributed by atoms with Gasteiger partial charge < -0.3 is 9.88 Å². The van der Waals surface area contributed by atoms with E-state index in [-0.39, 0.29) is 11.7 Å². The maximum absolute atomic E-state index is 13.0. The summed E-state index contributed by atoms with van der Waals surface area (Å²) < 4.78 is 15.0. The smallest absolute Gasteiger partial charge is 0.222 e. The van der Waals surface area contributed by atoms with Crippen LogP contribution in [-0.2, 0) is 11.3 Å².